The second-order valence-electron chi connectivity index (χ2n) is 7.80. The number of nitrogens with zero attached hydrogens (tertiary/aromatic N) is 2. The Kier molecular flexibility index (Phi) is 7.41. The number of carbonyl (C=O) groups is 1. The fourth-order valence-corrected chi connectivity index (χ4v) is 3.98. The average Bonchev–Trinajstić information content (AvgIpc) is 2.74. The number of benzene rings is 2. The fourth-order valence-electron chi connectivity index (χ4n) is 3.98. The van der Waals surface area contributed by atoms with Gasteiger partial charge in [0, 0.05) is 23.7 Å². The van der Waals surface area contributed by atoms with Crippen molar-refractivity contribution in [2.24, 2.45) is 11.7 Å². The predicted molar refractivity (Wildman–Crippen MR) is 116 cm³/mol. The number of amides is 1. The maximum Gasteiger partial charge on any atom is 0.274 e. The average molecular weight is 412 g/mol. The van der Waals surface area contributed by atoms with Crippen molar-refractivity contribution in [1.82, 2.24) is 4.90 Å². The Balaban J connectivity index is 1.50. The van der Waals surface area contributed by atoms with E-state index >= 15 is 0 Å². The highest BCUT2D eigenvalue weighted by Crippen LogP contribution is 2.27. The van der Waals surface area contributed by atoms with Gasteiger partial charge in [0.2, 0.25) is 5.91 Å². The second kappa shape index (κ2) is 10.2. The van der Waals surface area contributed by atoms with Gasteiger partial charge in [0.15, 0.2) is 0 Å². The summed E-state index contributed by atoms with van der Waals surface area (Å²) in [7, 11) is 0. The van der Waals surface area contributed by atoms with E-state index in [1.54, 1.807) is 12.1 Å². The third-order valence-corrected chi connectivity index (χ3v) is 5.74. The van der Waals surface area contributed by atoms with Crippen molar-refractivity contribution in [2.45, 2.75) is 39.2 Å². The van der Waals surface area contributed by atoms with E-state index in [0.717, 1.165) is 44.5 Å². The largest absolute Gasteiger partial charge is 0.494 e. The SMILES string of the molecule is CCOc1ccc(CCC2CCN(Cc3ccc(C(N)=O)cc3[N+](=O)[O-])CC2)cc1. The Morgan fingerprint density at radius 1 is 1.20 bits per heavy atom. The number of nitrogens with two attached hydrogens (primary N) is 1. The zero-order valence-corrected chi connectivity index (χ0v) is 17.4. The molecule has 0 radical (unpaired) electrons. The molecule has 0 bridgehead atoms. The lowest BCUT2D eigenvalue weighted by Crippen LogP contribution is -2.33. The second-order valence-corrected chi connectivity index (χ2v) is 7.80. The van der Waals surface area contributed by atoms with Crippen LogP contribution >= 0.6 is 0 Å². The first-order valence-corrected chi connectivity index (χ1v) is 10.5. The summed E-state index contributed by atoms with van der Waals surface area (Å²) in [4.78, 5) is 24.5. The highest BCUT2D eigenvalue weighted by Gasteiger charge is 2.23. The van der Waals surface area contributed by atoms with Crippen LogP contribution in [0, 0.1) is 16.0 Å². The number of aryl methyl sites for hydroxylation is 1. The van der Waals surface area contributed by atoms with E-state index in [9.17, 15) is 14.9 Å². The van der Waals surface area contributed by atoms with Crippen LogP contribution in [0.5, 0.6) is 5.75 Å². The van der Waals surface area contributed by atoms with Crippen LogP contribution in [0.1, 0.15) is 47.7 Å². The molecule has 2 aromatic carbocycles. The van der Waals surface area contributed by atoms with Gasteiger partial charge in [0.25, 0.3) is 5.69 Å². The number of hydrogen-bond acceptors (Lipinski definition) is 5. The van der Waals surface area contributed by atoms with Crippen LogP contribution < -0.4 is 10.5 Å². The van der Waals surface area contributed by atoms with Crippen molar-refractivity contribution in [3.05, 3.63) is 69.3 Å². The van der Waals surface area contributed by atoms with E-state index in [2.05, 4.69) is 17.0 Å². The summed E-state index contributed by atoms with van der Waals surface area (Å²) in [5, 5.41) is 11.4. The van der Waals surface area contributed by atoms with E-state index in [1.165, 1.54) is 11.6 Å². The molecule has 3 rings (SSSR count). The first kappa shape index (κ1) is 21.8. The monoisotopic (exact) mass is 411 g/mol. The predicted octanol–water partition coefficient (Wildman–Crippen LogP) is 3.94. The van der Waals surface area contributed by atoms with Crippen LogP contribution in [0.2, 0.25) is 0 Å². The minimum Gasteiger partial charge on any atom is -0.494 e. The number of likely N-dealkylation sites (tertiary alicyclic amines) is 1. The molecule has 7 nitrogen and oxygen atoms in total. The topological polar surface area (TPSA) is 98.7 Å². The van der Waals surface area contributed by atoms with Gasteiger partial charge in [-0.3, -0.25) is 19.8 Å². The van der Waals surface area contributed by atoms with Crippen molar-refractivity contribution < 1.29 is 14.5 Å². The summed E-state index contributed by atoms with van der Waals surface area (Å²) in [6.45, 7) is 5.01. The van der Waals surface area contributed by atoms with Gasteiger partial charge >= 0.3 is 0 Å². The van der Waals surface area contributed by atoms with E-state index in [1.807, 2.05) is 19.1 Å². The summed E-state index contributed by atoms with van der Waals surface area (Å²) >= 11 is 0. The Morgan fingerprint density at radius 3 is 2.50 bits per heavy atom. The zero-order chi connectivity index (χ0) is 21.5. The Bertz CT molecular complexity index is 875. The van der Waals surface area contributed by atoms with Gasteiger partial charge in [-0.15, -0.1) is 0 Å². The summed E-state index contributed by atoms with van der Waals surface area (Å²) in [5.41, 5.74) is 7.32. The number of rotatable bonds is 9. The molecule has 0 spiro atoms. The maximum atomic E-state index is 11.4. The quantitative estimate of drug-likeness (QED) is 0.498. The van der Waals surface area contributed by atoms with Gasteiger partial charge in [-0.1, -0.05) is 18.2 Å². The normalized spacial score (nSPS) is 15.1. The molecule has 0 saturated carbocycles. The minimum atomic E-state index is -0.655. The van der Waals surface area contributed by atoms with Gasteiger partial charge in [-0.25, -0.2) is 0 Å². The van der Waals surface area contributed by atoms with Crippen LogP contribution in [0.4, 0.5) is 5.69 Å². The lowest BCUT2D eigenvalue weighted by atomic mass is 9.90. The highest BCUT2D eigenvalue weighted by atomic mass is 16.6. The van der Waals surface area contributed by atoms with Gasteiger partial charge in [-0.2, -0.15) is 0 Å². The lowest BCUT2D eigenvalue weighted by Gasteiger charge is -2.32. The molecule has 0 atom stereocenters. The van der Waals surface area contributed by atoms with Crippen molar-refractivity contribution in [1.29, 1.82) is 0 Å². The van der Waals surface area contributed by atoms with E-state index < -0.39 is 10.8 Å². The zero-order valence-electron chi connectivity index (χ0n) is 17.4. The number of hydrogen-bond donors (Lipinski definition) is 1. The Hall–Kier alpha value is -2.93. The van der Waals surface area contributed by atoms with Crippen molar-refractivity contribution >= 4 is 11.6 Å². The van der Waals surface area contributed by atoms with Gasteiger partial charge in [0.05, 0.1) is 11.5 Å². The molecule has 1 saturated heterocycles. The number of nitro groups is 1. The van der Waals surface area contributed by atoms with E-state index in [0.29, 0.717) is 24.6 Å². The first-order valence-electron chi connectivity index (χ1n) is 10.5. The third kappa shape index (κ3) is 5.79. The summed E-state index contributed by atoms with van der Waals surface area (Å²) < 4.78 is 5.49. The standard InChI is InChI=1S/C23H29N3O4/c1-2-30-21-9-5-17(6-10-21)3-4-18-11-13-25(14-12-18)16-20-8-7-19(23(24)27)15-22(20)26(28)29/h5-10,15,18H,2-4,11-14,16H2,1H3,(H2,24,27). The molecule has 7 heteroatoms. The van der Waals surface area contributed by atoms with Crippen LogP contribution in [0.15, 0.2) is 42.5 Å². The number of nitro benzene ring substituents is 1. The molecule has 0 aliphatic carbocycles. The van der Waals surface area contributed by atoms with Crippen molar-refractivity contribution in [2.75, 3.05) is 19.7 Å². The van der Waals surface area contributed by atoms with Crippen molar-refractivity contribution in [3.8, 4) is 5.75 Å². The highest BCUT2D eigenvalue weighted by molar-refractivity contribution is 5.93. The Morgan fingerprint density at radius 2 is 1.90 bits per heavy atom. The molecular formula is C23H29N3O4. The summed E-state index contributed by atoms with van der Waals surface area (Å²) in [6.07, 6.45) is 4.38. The Labute approximate surface area is 177 Å². The van der Waals surface area contributed by atoms with Crippen LogP contribution in [0.3, 0.4) is 0 Å². The molecule has 1 amide bonds. The minimum absolute atomic E-state index is 0.0380. The van der Waals surface area contributed by atoms with E-state index in [-0.39, 0.29) is 11.3 Å². The molecule has 1 heterocycles. The van der Waals surface area contributed by atoms with Gasteiger partial charge in [-0.05, 0) is 75.4 Å². The van der Waals surface area contributed by atoms with Gasteiger partial charge in [0.1, 0.15) is 5.75 Å². The van der Waals surface area contributed by atoms with Crippen LogP contribution in [-0.2, 0) is 13.0 Å². The number of ether oxygens (including phenoxy) is 1. The van der Waals surface area contributed by atoms with Crippen LogP contribution in [-0.4, -0.2) is 35.4 Å². The first-order chi connectivity index (χ1) is 14.5. The number of carbonyl (C=O) groups excluding carboxylic acids is 1. The van der Waals surface area contributed by atoms with E-state index in [4.69, 9.17) is 10.5 Å². The third-order valence-electron chi connectivity index (χ3n) is 5.74. The molecule has 30 heavy (non-hydrogen) atoms. The van der Waals surface area contributed by atoms with Gasteiger partial charge < -0.3 is 10.5 Å². The molecule has 0 aromatic heterocycles. The maximum absolute atomic E-state index is 11.4. The summed E-state index contributed by atoms with van der Waals surface area (Å²) in [6, 6.07) is 12.8. The number of piperidine rings is 1. The molecule has 1 fully saturated rings. The number of primary amides is 1. The van der Waals surface area contributed by atoms with Crippen molar-refractivity contribution in [3.63, 3.8) is 0 Å². The molecule has 2 N–H and O–H groups in total. The molecular weight excluding hydrogens is 382 g/mol. The summed E-state index contributed by atoms with van der Waals surface area (Å²) in [5.74, 6) is 0.922. The molecule has 0 unspecified atom stereocenters. The lowest BCUT2D eigenvalue weighted by molar-refractivity contribution is -0.385. The molecule has 160 valence electrons. The molecule has 2 aromatic rings. The molecule has 1 aliphatic heterocycles. The smallest absolute Gasteiger partial charge is 0.274 e. The molecule has 1 aliphatic rings. The fraction of sp³-hybridized carbons (Fsp3) is 0.435. The van der Waals surface area contributed by atoms with Crippen LogP contribution in [0.25, 0.3) is 0 Å².